The third-order valence-corrected chi connectivity index (χ3v) is 5.30. The van der Waals surface area contributed by atoms with Gasteiger partial charge in [0.25, 0.3) is 0 Å². The first kappa shape index (κ1) is 17.6. The molecule has 1 aromatic rings. The van der Waals surface area contributed by atoms with Crippen LogP contribution in [0.3, 0.4) is 0 Å². The highest BCUT2D eigenvalue weighted by molar-refractivity contribution is 7.89. The highest BCUT2D eigenvalue weighted by Crippen LogP contribution is 2.23. The van der Waals surface area contributed by atoms with E-state index in [0.29, 0.717) is 11.1 Å². The Hall–Kier alpha value is -1.44. The van der Waals surface area contributed by atoms with E-state index in [9.17, 15) is 18.3 Å². The summed E-state index contributed by atoms with van der Waals surface area (Å²) in [6.45, 7) is 7.80. The van der Waals surface area contributed by atoms with Gasteiger partial charge in [-0.3, -0.25) is 0 Å². The molecular formula is C14H21NO5S. The largest absolute Gasteiger partial charge is 0.478 e. The molecule has 0 fully saturated rings. The summed E-state index contributed by atoms with van der Waals surface area (Å²) in [7, 11) is -3.94. The normalized spacial score (nSPS) is 14.0. The second-order valence-corrected chi connectivity index (χ2v) is 7.39. The van der Waals surface area contributed by atoms with E-state index in [4.69, 9.17) is 5.11 Å². The summed E-state index contributed by atoms with van der Waals surface area (Å²) in [4.78, 5) is 11.1. The first-order valence-electron chi connectivity index (χ1n) is 6.45. The number of aromatic carboxylic acids is 1. The average molecular weight is 315 g/mol. The van der Waals surface area contributed by atoms with Gasteiger partial charge in [0.15, 0.2) is 0 Å². The summed E-state index contributed by atoms with van der Waals surface area (Å²) in [6, 6.07) is 2.67. The summed E-state index contributed by atoms with van der Waals surface area (Å²) in [5.74, 6) is -1.18. The topological polar surface area (TPSA) is 104 Å². The Morgan fingerprint density at radius 2 is 1.76 bits per heavy atom. The van der Waals surface area contributed by atoms with Crippen molar-refractivity contribution in [3.63, 3.8) is 0 Å². The van der Waals surface area contributed by atoms with Gasteiger partial charge >= 0.3 is 5.97 Å². The maximum Gasteiger partial charge on any atom is 0.335 e. The number of nitrogens with one attached hydrogen (secondary N) is 1. The van der Waals surface area contributed by atoms with Gasteiger partial charge in [0.2, 0.25) is 10.0 Å². The number of carbonyl (C=O) groups is 1. The van der Waals surface area contributed by atoms with Gasteiger partial charge in [0.05, 0.1) is 22.1 Å². The molecule has 0 amide bonds. The lowest BCUT2D eigenvalue weighted by Crippen LogP contribution is -2.50. The number of aliphatic hydroxyl groups is 1. The van der Waals surface area contributed by atoms with Crippen molar-refractivity contribution in [2.75, 3.05) is 0 Å². The number of sulfonamides is 1. The minimum atomic E-state index is -3.94. The number of aryl methyl sites for hydroxylation is 2. The number of rotatable bonds is 5. The molecule has 0 saturated heterocycles. The molecule has 0 bridgehead atoms. The predicted octanol–water partition coefficient (Wildman–Crippen LogP) is 1.44. The first-order chi connectivity index (χ1) is 9.38. The van der Waals surface area contributed by atoms with E-state index in [2.05, 4.69) is 4.72 Å². The molecule has 21 heavy (non-hydrogen) atoms. The van der Waals surface area contributed by atoms with Gasteiger partial charge in [0, 0.05) is 0 Å². The summed E-state index contributed by atoms with van der Waals surface area (Å²) < 4.78 is 27.3. The fourth-order valence-electron chi connectivity index (χ4n) is 1.84. The third kappa shape index (κ3) is 3.81. The maximum atomic E-state index is 12.4. The van der Waals surface area contributed by atoms with Crippen molar-refractivity contribution < 1.29 is 23.4 Å². The summed E-state index contributed by atoms with van der Waals surface area (Å²) in [6.07, 6.45) is -0.906. The van der Waals surface area contributed by atoms with Crippen LogP contribution in [0, 0.1) is 13.8 Å². The van der Waals surface area contributed by atoms with Crippen LogP contribution in [0.2, 0.25) is 0 Å². The number of benzene rings is 1. The van der Waals surface area contributed by atoms with Gasteiger partial charge in [0.1, 0.15) is 0 Å². The Labute approximate surface area is 124 Å². The van der Waals surface area contributed by atoms with Crippen molar-refractivity contribution in [3.05, 3.63) is 28.8 Å². The second kappa shape index (κ2) is 5.75. The molecule has 3 N–H and O–H groups in total. The van der Waals surface area contributed by atoms with Crippen LogP contribution in [0.5, 0.6) is 0 Å². The van der Waals surface area contributed by atoms with Crippen molar-refractivity contribution in [1.29, 1.82) is 0 Å². The SMILES string of the molecule is Cc1cc(C)c(S(=O)(=O)NC(C)(C)C(C)O)cc1C(=O)O. The van der Waals surface area contributed by atoms with E-state index in [1.807, 2.05) is 0 Å². The predicted molar refractivity (Wildman–Crippen MR) is 79.0 cm³/mol. The number of hydrogen-bond donors (Lipinski definition) is 3. The Balaban J connectivity index is 3.39. The quantitative estimate of drug-likeness (QED) is 0.763. The molecule has 0 radical (unpaired) electrons. The van der Waals surface area contributed by atoms with Gasteiger partial charge in [-0.1, -0.05) is 6.07 Å². The van der Waals surface area contributed by atoms with Crippen LogP contribution in [0.25, 0.3) is 0 Å². The molecule has 0 aliphatic rings. The number of carboxylic acids is 1. The van der Waals surface area contributed by atoms with Crippen molar-refractivity contribution in [2.24, 2.45) is 0 Å². The van der Waals surface area contributed by atoms with Gasteiger partial charge in [-0.15, -0.1) is 0 Å². The molecule has 0 aliphatic heterocycles. The monoisotopic (exact) mass is 315 g/mol. The molecule has 1 aromatic carbocycles. The van der Waals surface area contributed by atoms with Crippen molar-refractivity contribution in [1.82, 2.24) is 4.72 Å². The molecule has 0 aromatic heterocycles. The average Bonchev–Trinajstić information content (AvgIpc) is 2.25. The highest BCUT2D eigenvalue weighted by Gasteiger charge is 2.31. The molecular weight excluding hydrogens is 294 g/mol. The van der Waals surface area contributed by atoms with Gasteiger partial charge in [-0.2, -0.15) is 0 Å². The van der Waals surface area contributed by atoms with E-state index in [1.54, 1.807) is 27.7 Å². The molecule has 1 rings (SSSR count). The van der Waals surface area contributed by atoms with Crippen molar-refractivity contribution >= 4 is 16.0 Å². The van der Waals surface area contributed by atoms with E-state index in [0.717, 1.165) is 6.07 Å². The van der Waals surface area contributed by atoms with Crippen LogP contribution in [0.4, 0.5) is 0 Å². The lowest BCUT2D eigenvalue weighted by Gasteiger charge is -2.29. The van der Waals surface area contributed by atoms with Crippen LogP contribution in [-0.2, 0) is 10.0 Å². The zero-order chi connectivity index (χ0) is 16.6. The zero-order valence-electron chi connectivity index (χ0n) is 12.8. The van der Waals surface area contributed by atoms with Crippen LogP contribution < -0.4 is 4.72 Å². The highest BCUT2D eigenvalue weighted by atomic mass is 32.2. The summed E-state index contributed by atoms with van der Waals surface area (Å²) in [5.41, 5.74) is -0.185. The van der Waals surface area contributed by atoms with Crippen LogP contribution >= 0.6 is 0 Å². The zero-order valence-corrected chi connectivity index (χ0v) is 13.6. The minimum absolute atomic E-state index is 0.0594. The fraction of sp³-hybridized carbons (Fsp3) is 0.500. The van der Waals surface area contributed by atoms with Gasteiger partial charge in [-0.25, -0.2) is 17.9 Å². The summed E-state index contributed by atoms with van der Waals surface area (Å²) >= 11 is 0. The number of aliphatic hydroxyl groups excluding tert-OH is 1. The van der Waals surface area contributed by atoms with Gasteiger partial charge < -0.3 is 10.2 Å². The summed E-state index contributed by atoms with van der Waals surface area (Å²) in [5, 5.41) is 18.7. The third-order valence-electron chi connectivity index (χ3n) is 3.48. The molecule has 0 spiro atoms. The Bertz CT molecular complexity index is 662. The molecule has 118 valence electrons. The molecule has 1 atom stereocenters. The van der Waals surface area contributed by atoms with E-state index in [1.165, 1.54) is 13.0 Å². The van der Waals surface area contributed by atoms with Gasteiger partial charge in [-0.05, 0) is 51.8 Å². The Morgan fingerprint density at radius 1 is 1.24 bits per heavy atom. The van der Waals surface area contributed by atoms with Crippen LogP contribution in [-0.4, -0.2) is 36.2 Å². The Kier molecular flexibility index (Phi) is 4.82. The molecule has 0 saturated carbocycles. The molecule has 7 heteroatoms. The number of carboxylic acid groups (broad SMARTS) is 1. The maximum absolute atomic E-state index is 12.4. The van der Waals surface area contributed by atoms with Crippen molar-refractivity contribution in [2.45, 2.75) is 51.2 Å². The van der Waals surface area contributed by atoms with Crippen LogP contribution in [0.1, 0.15) is 42.3 Å². The standard InChI is InChI=1S/C14H21NO5S/c1-8-6-9(2)12(7-11(8)13(17)18)21(19,20)15-14(4,5)10(3)16/h6-7,10,15-16H,1-5H3,(H,17,18). The first-order valence-corrected chi connectivity index (χ1v) is 7.93. The lowest BCUT2D eigenvalue weighted by atomic mass is 10.0. The van der Waals surface area contributed by atoms with E-state index >= 15 is 0 Å². The van der Waals surface area contributed by atoms with E-state index < -0.39 is 27.6 Å². The molecule has 1 unspecified atom stereocenters. The fourth-order valence-corrected chi connectivity index (χ4v) is 3.57. The lowest BCUT2D eigenvalue weighted by molar-refractivity contribution is 0.0696. The molecule has 0 heterocycles. The smallest absolute Gasteiger partial charge is 0.335 e. The Morgan fingerprint density at radius 3 is 2.19 bits per heavy atom. The van der Waals surface area contributed by atoms with Crippen molar-refractivity contribution in [3.8, 4) is 0 Å². The van der Waals surface area contributed by atoms with Crippen LogP contribution in [0.15, 0.2) is 17.0 Å². The number of hydrogen-bond acceptors (Lipinski definition) is 4. The second-order valence-electron chi connectivity index (χ2n) is 5.74. The minimum Gasteiger partial charge on any atom is -0.478 e. The van der Waals surface area contributed by atoms with E-state index in [-0.39, 0.29) is 10.5 Å². The molecule has 6 nitrogen and oxygen atoms in total. The molecule has 0 aliphatic carbocycles.